The number of ether oxygens (including phenoxy) is 2. The molecule has 8 atom stereocenters. The molecule has 1 aliphatic heterocycles. The summed E-state index contributed by atoms with van der Waals surface area (Å²) in [4.78, 5) is 92.7. The van der Waals surface area contributed by atoms with Gasteiger partial charge in [-0.15, -0.1) is 12.4 Å². The number of hydrogen-bond acceptors (Lipinski definition) is 16. The third-order valence-corrected chi connectivity index (χ3v) is 18.7. The van der Waals surface area contributed by atoms with Gasteiger partial charge in [0, 0.05) is 97.4 Å². The van der Waals surface area contributed by atoms with Gasteiger partial charge in [0.25, 0.3) is 29.5 Å². The second-order valence-corrected chi connectivity index (χ2v) is 31.3. The number of aromatic carboxylic acids is 1. The second kappa shape index (κ2) is 54.8. The number of benzene rings is 7. The minimum atomic E-state index is -1.25. The van der Waals surface area contributed by atoms with Gasteiger partial charge in [-0.2, -0.15) is 10.5 Å². The van der Waals surface area contributed by atoms with E-state index >= 15 is 0 Å². The molecule has 1 saturated heterocycles. The van der Waals surface area contributed by atoms with Crippen LogP contribution in [0.2, 0.25) is 0 Å². The van der Waals surface area contributed by atoms with Crippen molar-refractivity contribution >= 4 is 54.0 Å². The molecule has 0 saturated carbocycles. The van der Waals surface area contributed by atoms with E-state index in [4.69, 9.17) is 36.6 Å². The maximum Gasteiger partial charge on any atom is 0.407 e. The predicted molar refractivity (Wildman–Crippen MR) is 463 cm³/mol. The number of carbonyl (C=O) groups excluding carboxylic acids is 6. The zero-order chi connectivity index (χ0) is 92.7. The van der Waals surface area contributed by atoms with Gasteiger partial charge in [-0.25, -0.2) is 44.7 Å². The molecule has 0 bridgehead atoms. The number of carbonyl (C=O) groups is 7. The Hall–Kier alpha value is -10.9. The van der Waals surface area contributed by atoms with E-state index in [1.165, 1.54) is 30.3 Å². The number of rotatable bonds is 37. The van der Waals surface area contributed by atoms with Crippen molar-refractivity contribution in [1.29, 1.82) is 10.5 Å². The van der Waals surface area contributed by atoms with E-state index in [-0.39, 0.29) is 116 Å². The number of halogens is 9. The molecule has 1 heterocycles. The van der Waals surface area contributed by atoms with E-state index in [0.29, 0.717) is 84.8 Å². The number of aryl methyl sites for hydroxylation is 3. The molecule has 23 nitrogen and oxygen atoms in total. The molecule has 8 rings (SSSR count). The van der Waals surface area contributed by atoms with Crippen molar-refractivity contribution < 1.29 is 98.6 Å². The summed E-state index contributed by atoms with van der Waals surface area (Å²) < 4.78 is 117. The number of nitriles is 2. The lowest BCUT2D eigenvalue weighted by Gasteiger charge is -2.25. The van der Waals surface area contributed by atoms with Crippen LogP contribution in [0.15, 0.2) is 127 Å². The van der Waals surface area contributed by atoms with Crippen molar-refractivity contribution in [1.82, 2.24) is 30.7 Å². The minimum Gasteiger partial charge on any atom is -0.478 e. The third-order valence-electron chi connectivity index (χ3n) is 18.7. The summed E-state index contributed by atoms with van der Waals surface area (Å²) in [5, 5.41) is 64.8. The van der Waals surface area contributed by atoms with Gasteiger partial charge in [-0.1, -0.05) is 41.5 Å². The molecule has 11 N–H and O–H groups in total. The Kier molecular flexibility index (Phi) is 47.4. The van der Waals surface area contributed by atoms with E-state index in [1.807, 2.05) is 47.6 Å². The fourth-order valence-electron chi connectivity index (χ4n) is 13.2. The van der Waals surface area contributed by atoms with Crippen molar-refractivity contribution in [2.24, 2.45) is 11.5 Å². The van der Waals surface area contributed by atoms with Crippen molar-refractivity contribution in [3.63, 3.8) is 0 Å². The quantitative estimate of drug-likeness (QED) is 0.0129. The summed E-state index contributed by atoms with van der Waals surface area (Å²) in [7, 11) is 0. The lowest BCUT2D eigenvalue weighted by Crippen LogP contribution is -2.45. The molecule has 0 spiro atoms. The highest BCUT2D eigenvalue weighted by Crippen LogP contribution is 2.24. The van der Waals surface area contributed by atoms with Crippen molar-refractivity contribution in [3.05, 3.63) is 246 Å². The zero-order valence-electron chi connectivity index (χ0n) is 72.9. The van der Waals surface area contributed by atoms with Crippen LogP contribution in [0, 0.1) is 90.0 Å². The summed E-state index contributed by atoms with van der Waals surface area (Å²) in [6.45, 7) is 27.2. The van der Waals surface area contributed by atoms with Gasteiger partial charge < -0.3 is 72.0 Å². The van der Waals surface area contributed by atoms with Crippen LogP contribution in [-0.4, -0.2) is 183 Å². The van der Waals surface area contributed by atoms with Gasteiger partial charge in [0.1, 0.15) is 58.2 Å². The highest BCUT2D eigenvalue weighted by atomic mass is 35.5. The molecule has 6 amide bonds. The molecule has 0 unspecified atom stereocenters. The maximum absolute atomic E-state index is 13.6. The minimum absolute atomic E-state index is 0. The number of nitrogens with zero attached hydrogens (tertiary/aromatic N) is 5. The SMILES string of the molecule is CC(C)(C)OC(=O)N[C@@H](Cc1cc(F)cc(F)c1)[C@@H]1CO1.CCCN(CCC)C(=O)c1cc(C)cc(C(=O)N[C@@H](Cc2cc(F)cc(F)c2)[C@@H](O)CC#N)c1.CCCN(CCC)C(=O)c1cc(C)cc(C(=O)N[C@@H](Cc2cc(F)cc(F)c2)[C@@H](O)CCN)c1.CCCN(CCC)C(=O)c1cc(C)cc(C(=O)O)c1.Cl.N#CC[C@H](O)[C@@H](N)Cc1cc(F)cc(F)c1. The summed E-state index contributed by atoms with van der Waals surface area (Å²) in [5.74, 6) is -8.13. The predicted octanol–water partition coefficient (Wildman–Crippen LogP) is 15.0. The summed E-state index contributed by atoms with van der Waals surface area (Å²) in [6, 6.07) is 27.7. The van der Waals surface area contributed by atoms with Crippen LogP contribution in [0.4, 0.5) is 39.9 Å². The van der Waals surface area contributed by atoms with Gasteiger partial charge in [-0.05, 0) is 261 Å². The molecule has 0 aromatic heterocycles. The number of carboxylic acids is 1. The van der Waals surface area contributed by atoms with Crippen LogP contribution < -0.4 is 27.4 Å². The molecular formula is C93H119ClF8N10O13. The van der Waals surface area contributed by atoms with Gasteiger partial charge in [0.05, 0.1) is 73.6 Å². The molecule has 7 aromatic carbocycles. The molecule has 1 aliphatic rings. The maximum atomic E-state index is 13.6. The van der Waals surface area contributed by atoms with E-state index in [2.05, 4.69) is 16.0 Å². The lowest BCUT2D eigenvalue weighted by molar-refractivity contribution is 0.0493. The van der Waals surface area contributed by atoms with Crippen LogP contribution in [0.25, 0.3) is 0 Å². The van der Waals surface area contributed by atoms with Crippen molar-refractivity contribution in [2.45, 2.75) is 221 Å². The van der Waals surface area contributed by atoms with E-state index in [0.717, 1.165) is 110 Å². The van der Waals surface area contributed by atoms with Gasteiger partial charge >= 0.3 is 12.1 Å². The Balaban J connectivity index is 0.000000415. The van der Waals surface area contributed by atoms with E-state index in [9.17, 15) is 84.0 Å². The Morgan fingerprint density at radius 2 is 0.744 bits per heavy atom. The number of alkyl carbamates (subject to hydrolysis) is 1. The third kappa shape index (κ3) is 39.5. The Bertz CT molecular complexity index is 4660. The standard InChI is InChI=1S/C26H35F2N3O3.C26H31F2N3O3.C15H19F2NO3.C15H21NO3.C11H12F2N2O.ClH/c2*1-4-8-31(9-5-2)26(34)20-11-17(3)10-19(15-20)25(33)30-23(24(32)6-7-29)14-18-12-21(27)16-22(28)13-18;1-15(2,3)21-14(19)18-12(13-8-20-13)6-9-4-10(16)7-11(17)5-9;1-4-6-16(7-5-2)14(17)12-8-11(3)9-13(10-12)15(18)19;12-8-3-7(4-9(13)6-8)5-10(15)11(16)1-2-14;/h10-13,15-16,23-24,32H,4-9,14,29H2,1-3H3,(H,30,33);10-13,15-16,23-24,32H,4-6,8-9,14H2,1-3H3,(H,30,33);4-5,7,12-13H,6,8H2,1-3H3,(H,18,19);8-10H,4-7H2,1-3H3,(H,18,19);3-4,6,10-11,16H,1,5,15H2;1H/t2*23-,24-;12-,13-;;10-,11-;/m000.0./s1. The average molecular weight is 1770 g/mol. The molecule has 125 heavy (non-hydrogen) atoms. The number of aliphatic hydroxyl groups excluding tert-OH is 3. The Morgan fingerprint density at radius 3 is 1.04 bits per heavy atom. The van der Waals surface area contributed by atoms with Crippen LogP contribution in [0.5, 0.6) is 0 Å². The van der Waals surface area contributed by atoms with Gasteiger partial charge in [-0.3, -0.25) is 24.0 Å². The molecule has 7 aromatic rings. The number of carboxylic acid groups (broad SMARTS) is 1. The fraction of sp³-hybridized carbons (Fsp3) is 0.452. The lowest BCUT2D eigenvalue weighted by atomic mass is 9.98. The summed E-state index contributed by atoms with van der Waals surface area (Å²) in [5.41, 5.74) is 16.1. The number of hydrogen-bond donors (Lipinski definition) is 9. The molecule has 0 aliphatic carbocycles. The number of nitrogens with two attached hydrogens (primary N) is 2. The molecule has 682 valence electrons. The monoisotopic (exact) mass is 1770 g/mol. The highest BCUT2D eigenvalue weighted by Gasteiger charge is 2.36. The van der Waals surface area contributed by atoms with Crippen LogP contribution >= 0.6 is 12.4 Å². The van der Waals surface area contributed by atoms with Crippen LogP contribution in [0.3, 0.4) is 0 Å². The smallest absolute Gasteiger partial charge is 0.407 e. The topological polar surface area (TPSA) is 368 Å². The van der Waals surface area contributed by atoms with E-state index in [1.54, 1.807) is 98.7 Å². The fourth-order valence-corrected chi connectivity index (χ4v) is 13.2. The highest BCUT2D eigenvalue weighted by molar-refractivity contribution is 6.01. The molecule has 32 heteroatoms. The molecular weight excluding hydrogens is 1650 g/mol. The number of aliphatic hydroxyl groups is 3. The number of amides is 6. The zero-order valence-corrected chi connectivity index (χ0v) is 73.7. The van der Waals surface area contributed by atoms with Gasteiger partial charge in [0.15, 0.2) is 0 Å². The number of epoxide rings is 1. The van der Waals surface area contributed by atoms with Crippen molar-refractivity contribution in [3.8, 4) is 12.1 Å². The number of nitrogens with one attached hydrogen (secondary N) is 3. The first-order chi connectivity index (χ1) is 58.6. The van der Waals surface area contributed by atoms with Crippen molar-refractivity contribution in [2.75, 3.05) is 52.4 Å². The summed E-state index contributed by atoms with van der Waals surface area (Å²) >= 11 is 0. The first kappa shape index (κ1) is 108. The van der Waals surface area contributed by atoms with Crippen LogP contribution in [-0.2, 0) is 35.2 Å². The first-order valence-electron chi connectivity index (χ1n) is 41.3. The Morgan fingerprint density at radius 1 is 0.456 bits per heavy atom. The molecule has 1 fully saturated rings. The summed E-state index contributed by atoms with van der Waals surface area (Å²) in [6.07, 6.45) is 1.23. The Labute approximate surface area is 733 Å². The first-order valence-corrected chi connectivity index (χ1v) is 41.3. The van der Waals surface area contributed by atoms with Gasteiger partial charge in [0.2, 0.25) is 0 Å². The van der Waals surface area contributed by atoms with Crippen LogP contribution in [0.1, 0.15) is 221 Å². The second-order valence-electron chi connectivity index (χ2n) is 31.3. The molecule has 0 radical (unpaired) electrons. The largest absolute Gasteiger partial charge is 0.478 e. The average Bonchev–Trinajstić information content (AvgIpc) is 1.23. The normalized spacial score (nSPS) is 13.4. The van der Waals surface area contributed by atoms with E-state index < -0.39 is 112 Å².